The Morgan fingerprint density at radius 2 is 2.07 bits per heavy atom. The summed E-state index contributed by atoms with van der Waals surface area (Å²) >= 11 is 0. The fourth-order valence-electron chi connectivity index (χ4n) is 3.26. The lowest BCUT2D eigenvalue weighted by Gasteiger charge is -2.24. The minimum absolute atomic E-state index is 0.0740. The van der Waals surface area contributed by atoms with Crippen molar-refractivity contribution in [2.24, 2.45) is 0 Å². The number of nitrogens with zero attached hydrogens (tertiary/aromatic N) is 3. The van der Waals surface area contributed by atoms with Crippen molar-refractivity contribution >= 4 is 18.1 Å². The first-order chi connectivity index (χ1) is 12.9. The Bertz CT molecular complexity index is 938. The molecule has 1 amide bonds. The van der Waals surface area contributed by atoms with Gasteiger partial charge in [-0.3, -0.25) is 4.79 Å². The second-order valence-corrected chi connectivity index (χ2v) is 6.05. The number of aromatic nitrogens is 1. The van der Waals surface area contributed by atoms with Gasteiger partial charge in [0.25, 0.3) is 0 Å². The van der Waals surface area contributed by atoms with E-state index in [9.17, 15) is 23.6 Å². The van der Waals surface area contributed by atoms with E-state index in [1.54, 1.807) is 4.90 Å². The van der Waals surface area contributed by atoms with Crippen molar-refractivity contribution in [3.63, 3.8) is 0 Å². The molecule has 2 heterocycles. The number of nitrogens with one attached hydrogen (secondary N) is 1. The number of nitriles is 1. The quantitative estimate of drug-likeness (QED) is 0.799. The van der Waals surface area contributed by atoms with Crippen LogP contribution in [0.4, 0.5) is 19.3 Å². The summed E-state index contributed by atoms with van der Waals surface area (Å²) in [5.41, 5.74) is 0.567. The zero-order valence-corrected chi connectivity index (χ0v) is 13.9. The third-order valence-electron chi connectivity index (χ3n) is 4.30. The molecule has 0 spiro atoms. The van der Waals surface area contributed by atoms with Crippen LogP contribution in [-0.2, 0) is 0 Å². The van der Waals surface area contributed by atoms with Crippen molar-refractivity contribution in [1.29, 1.82) is 5.26 Å². The normalized spacial score (nSPS) is 16.0. The van der Waals surface area contributed by atoms with Crippen molar-refractivity contribution in [3.8, 4) is 17.2 Å². The van der Waals surface area contributed by atoms with Crippen LogP contribution in [0.5, 0.6) is 0 Å². The summed E-state index contributed by atoms with van der Waals surface area (Å²) in [4.78, 5) is 28.1. The molecular weight excluding hydrogens is 358 g/mol. The highest BCUT2D eigenvalue weighted by molar-refractivity contribution is 5.94. The Morgan fingerprint density at radius 3 is 2.67 bits per heavy atom. The lowest BCUT2D eigenvalue weighted by molar-refractivity contribution is 0.112. The van der Waals surface area contributed by atoms with Gasteiger partial charge >= 0.3 is 6.09 Å². The number of aldehydes is 1. The highest BCUT2D eigenvalue weighted by Crippen LogP contribution is 2.37. The maximum Gasteiger partial charge on any atom is 0.404 e. The van der Waals surface area contributed by atoms with E-state index >= 15 is 0 Å². The Morgan fingerprint density at radius 1 is 1.37 bits per heavy atom. The Hall–Kier alpha value is -3.54. The maximum absolute atomic E-state index is 13.7. The summed E-state index contributed by atoms with van der Waals surface area (Å²) in [6, 6.07) is 4.32. The van der Waals surface area contributed by atoms with Crippen molar-refractivity contribution < 1.29 is 23.5 Å². The smallest absolute Gasteiger partial charge is 0.404 e. The first-order valence-electron chi connectivity index (χ1n) is 8.02. The number of anilines is 1. The predicted octanol–water partition coefficient (Wildman–Crippen LogP) is 2.56. The van der Waals surface area contributed by atoms with Gasteiger partial charge in [0.1, 0.15) is 23.4 Å². The molecule has 1 aromatic carbocycles. The van der Waals surface area contributed by atoms with Crippen molar-refractivity contribution in [3.05, 3.63) is 47.3 Å². The summed E-state index contributed by atoms with van der Waals surface area (Å²) in [5.74, 6) is -1.66. The number of hydrogen-bond acceptors (Lipinski definition) is 5. The number of benzene rings is 1. The molecule has 0 saturated carbocycles. The van der Waals surface area contributed by atoms with Gasteiger partial charge in [-0.1, -0.05) is 0 Å². The van der Waals surface area contributed by atoms with Gasteiger partial charge < -0.3 is 15.3 Å². The van der Waals surface area contributed by atoms with Crippen LogP contribution in [0.25, 0.3) is 11.1 Å². The number of halogens is 2. The minimum atomic E-state index is -1.17. The van der Waals surface area contributed by atoms with Crippen molar-refractivity contribution in [2.45, 2.75) is 12.5 Å². The van der Waals surface area contributed by atoms with Gasteiger partial charge in [-0.05, 0) is 24.1 Å². The Labute approximate surface area is 152 Å². The van der Waals surface area contributed by atoms with E-state index in [1.807, 2.05) is 6.07 Å². The highest BCUT2D eigenvalue weighted by atomic mass is 19.1. The van der Waals surface area contributed by atoms with E-state index in [0.717, 1.165) is 12.1 Å². The molecule has 1 saturated heterocycles. The van der Waals surface area contributed by atoms with Crippen molar-refractivity contribution in [2.75, 3.05) is 18.0 Å². The van der Waals surface area contributed by atoms with Crippen LogP contribution in [0.2, 0.25) is 0 Å². The summed E-state index contributed by atoms with van der Waals surface area (Å²) in [6.45, 7) is 0.637. The molecule has 7 nitrogen and oxygen atoms in total. The maximum atomic E-state index is 13.7. The van der Waals surface area contributed by atoms with Crippen LogP contribution < -0.4 is 10.2 Å². The molecule has 0 radical (unpaired) electrons. The van der Waals surface area contributed by atoms with E-state index in [4.69, 9.17) is 5.11 Å². The first kappa shape index (κ1) is 18.3. The number of carbonyl (C=O) groups is 2. The van der Waals surface area contributed by atoms with Crippen LogP contribution >= 0.6 is 0 Å². The van der Waals surface area contributed by atoms with Gasteiger partial charge in [-0.2, -0.15) is 5.26 Å². The van der Waals surface area contributed by atoms with E-state index in [0.29, 0.717) is 31.0 Å². The first-order valence-corrected chi connectivity index (χ1v) is 8.02. The van der Waals surface area contributed by atoms with E-state index in [2.05, 4.69) is 10.3 Å². The molecule has 1 aliphatic rings. The van der Waals surface area contributed by atoms with Crippen molar-refractivity contribution in [1.82, 2.24) is 10.3 Å². The molecule has 0 bridgehead atoms. The lowest BCUT2D eigenvalue weighted by Crippen LogP contribution is -2.36. The summed E-state index contributed by atoms with van der Waals surface area (Å²) in [5, 5.41) is 20.7. The van der Waals surface area contributed by atoms with Gasteiger partial charge in [0.05, 0.1) is 17.3 Å². The predicted molar refractivity (Wildman–Crippen MR) is 91.5 cm³/mol. The van der Waals surface area contributed by atoms with E-state index < -0.39 is 17.7 Å². The monoisotopic (exact) mass is 372 g/mol. The summed E-state index contributed by atoms with van der Waals surface area (Å²) in [6.07, 6.45) is 1.07. The molecule has 9 heteroatoms. The molecule has 1 atom stereocenters. The number of carboxylic acid groups (broad SMARTS) is 1. The number of rotatable bonds is 4. The lowest BCUT2D eigenvalue weighted by atomic mass is 9.98. The van der Waals surface area contributed by atoms with Crippen LogP contribution in [0.15, 0.2) is 24.4 Å². The van der Waals surface area contributed by atoms with Gasteiger partial charge in [-0.25, -0.2) is 18.6 Å². The van der Waals surface area contributed by atoms with Gasteiger partial charge in [0.15, 0.2) is 6.29 Å². The third kappa shape index (κ3) is 3.69. The fourth-order valence-corrected chi connectivity index (χ4v) is 3.26. The number of hydrogen-bond donors (Lipinski definition) is 2. The minimum Gasteiger partial charge on any atom is -0.465 e. The largest absolute Gasteiger partial charge is 0.465 e. The number of pyridine rings is 1. The molecule has 138 valence electrons. The molecule has 1 unspecified atom stereocenters. The molecule has 1 fully saturated rings. The molecule has 1 aliphatic heterocycles. The van der Waals surface area contributed by atoms with Crippen LogP contribution in [0.3, 0.4) is 0 Å². The van der Waals surface area contributed by atoms with Crippen LogP contribution in [0, 0.1) is 23.0 Å². The third-order valence-corrected chi connectivity index (χ3v) is 4.30. The second kappa shape index (κ2) is 7.37. The van der Waals surface area contributed by atoms with E-state index in [-0.39, 0.29) is 35.0 Å². The average Bonchev–Trinajstić information content (AvgIpc) is 3.06. The van der Waals surface area contributed by atoms with Gasteiger partial charge in [-0.15, -0.1) is 0 Å². The highest BCUT2D eigenvalue weighted by Gasteiger charge is 2.29. The summed E-state index contributed by atoms with van der Waals surface area (Å²) < 4.78 is 27.5. The fraction of sp³-hybridized carbons (Fsp3) is 0.222. The molecule has 2 N–H and O–H groups in total. The summed E-state index contributed by atoms with van der Waals surface area (Å²) in [7, 11) is 0. The molecule has 27 heavy (non-hydrogen) atoms. The topological polar surface area (TPSA) is 106 Å². The average molecular weight is 372 g/mol. The molecule has 1 aromatic heterocycles. The molecule has 2 aromatic rings. The standard InChI is InChI=1S/C18H14F2N4O3/c19-12-3-10(4-13(20)5-12)16-15(6-21)22-7-11(9-25)17(16)24-2-1-14(8-24)23-18(26)27/h3-5,7,9,14,23H,1-2,8H2,(H,26,27). The van der Waals surface area contributed by atoms with Gasteiger partial charge in [0.2, 0.25) is 0 Å². The van der Waals surface area contributed by atoms with E-state index in [1.165, 1.54) is 6.20 Å². The number of amides is 1. The van der Waals surface area contributed by atoms with Gasteiger partial charge in [0, 0.05) is 30.9 Å². The second-order valence-electron chi connectivity index (χ2n) is 6.05. The number of carbonyl (C=O) groups excluding carboxylic acids is 1. The zero-order valence-electron chi connectivity index (χ0n) is 13.9. The molecule has 0 aliphatic carbocycles. The molecule has 3 rings (SSSR count). The molecular formula is C18H14F2N4O3. The Kier molecular flexibility index (Phi) is 4.98. The Balaban J connectivity index is 2.16. The van der Waals surface area contributed by atoms with Crippen LogP contribution in [0.1, 0.15) is 22.5 Å². The SMILES string of the molecule is N#Cc1ncc(C=O)c(N2CCC(NC(=O)O)C2)c1-c1cc(F)cc(F)c1. The van der Waals surface area contributed by atoms with Crippen LogP contribution in [-0.4, -0.2) is 41.6 Å². The zero-order chi connectivity index (χ0) is 19.6.